The largest absolute Gasteiger partial charge is 0.497 e. The summed E-state index contributed by atoms with van der Waals surface area (Å²) >= 11 is 0. The van der Waals surface area contributed by atoms with Crippen LogP contribution in [0.4, 0.5) is 22.7 Å². The van der Waals surface area contributed by atoms with Crippen LogP contribution in [0.15, 0.2) is 96.0 Å². The predicted molar refractivity (Wildman–Crippen MR) is 173 cm³/mol. The first-order valence-corrected chi connectivity index (χ1v) is 14.5. The Kier molecular flexibility index (Phi) is 8.21. The third-order valence-corrected chi connectivity index (χ3v) is 8.00. The van der Waals surface area contributed by atoms with Gasteiger partial charge in [0.25, 0.3) is 5.91 Å². The van der Waals surface area contributed by atoms with Crippen LogP contribution in [0.25, 0.3) is 0 Å². The van der Waals surface area contributed by atoms with Crippen molar-refractivity contribution < 1.29 is 19.1 Å². The smallest absolute Gasteiger partial charge is 0.255 e. The normalized spacial score (nSPS) is 16.5. The molecular formula is C35H33N5O4. The van der Waals surface area contributed by atoms with E-state index in [9.17, 15) is 14.4 Å². The van der Waals surface area contributed by atoms with Gasteiger partial charge in [0, 0.05) is 66.1 Å². The second kappa shape index (κ2) is 12.5. The molecule has 0 aliphatic carbocycles. The number of ether oxygens (including phenoxy) is 1. The van der Waals surface area contributed by atoms with E-state index in [4.69, 9.17) is 4.74 Å². The number of likely N-dealkylation sites (N-methyl/N-ethyl adjacent to an activating group) is 1. The predicted octanol–water partition coefficient (Wildman–Crippen LogP) is 5.37. The van der Waals surface area contributed by atoms with Crippen molar-refractivity contribution in [3.63, 3.8) is 0 Å². The van der Waals surface area contributed by atoms with Gasteiger partial charge in [-0.3, -0.25) is 19.4 Å². The van der Waals surface area contributed by atoms with Crippen LogP contribution in [0.1, 0.15) is 37.8 Å². The summed E-state index contributed by atoms with van der Waals surface area (Å²) in [5.74, 6) is -0.704. The van der Waals surface area contributed by atoms with E-state index in [0.29, 0.717) is 33.8 Å². The fourth-order valence-corrected chi connectivity index (χ4v) is 5.42. The summed E-state index contributed by atoms with van der Waals surface area (Å²) in [5.41, 5.74) is 5.07. The molecule has 0 saturated carbocycles. The molecule has 0 spiro atoms. The van der Waals surface area contributed by atoms with Crippen LogP contribution < -0.4 is 20.3 Å². The minimum absolute atomic E-state index is 0.190. The van der Waals surface area contributed by atoms with E-state index >= 15 is 0 Å². The number of hydrogen-bond donors (Lipinski definition) is 2. The van der Waals surface area contributed by atoms with Crippen LogP contribution in [-0.4, -0.2) is 69.0 Å². The van der Waals surface area contributed by atoms with Crippen LogP contribution >= 0.6 is 0 Å². The molecule has 4 aromatic rings. The van der Waals surface area contributed by atoms with Crippen molar-refractivity contribution >= 4 is 46.6 Å². The zero-order chi connectivity index (χ0) is 30.6. The molecule has 1 atom stereocenters. The molecule has 1 saturated heterocycles. The lowest BCUT2D eigenvalue weighted by Crippen LogP contribution is -2.44. The summed E-state index contributed by atoms with van der Waals surface area (Å²) < 4.78 is 5.20. The van der Waals surface area contributed by atoms with Gasteiger partial charge in [-0.25, -0.2) is 0 Å². The van der Waals surface area contributed by atoms with E-state index < -0.39 is 5.92 Å². The lowest BCUT2D eigenvalue weighted by Gasteiger charge is -2.34. The summed E-state index contributed by atoms with van der Waals surface area (Å²) in [7, 11) is 3.68. The minimum atomic E-state index is -0.554. The summed E-state index contributed by atoms with van der Waals surface area (Å²) in [5, 5.41) is 5.73. The Morgan fingerprint density at radius 3 is 2.39 bits per heavy atom. The molecule has 6 rings (SSSR count). The van der Waals surface area contributed by atoms with E-state index in [0.717, 1.165) is 37.4 Å². The Hall–Kier alpha value is -5.28. The molecule has 2 amide bonds. The molecule has 9 heteroatoms. The fourth-order valence-electron chi connectivity index (χ4n) is 5.42. The van der Waals surface area contributed by atoms with Crippen molar-refractivity contribution in [2.24, 2.45) is 4.99 Å². The topological polar surface area (TPSA) is 103 Å². The number of nitrogens with zero attached hydrogens (tertiary/aromatic N) is 3. The van der Waals surface area contributed by atoms with Gasteiger partial charge in [-0.2, -0.15) is 0 Å². The number of methoxy groups -OCH3 is 1. The molecule has 2 aliphatic heterocycles. The summed E-state index contributed by atoms with van der Waals surface area (Å²) in [4.78, 5) is 48.3. The standard InChI is InChI=1S/C35H33N5O4/c1-39-15-17-40(18-16-39)28-12-10-26(11-13-28)36-22-31-30-14-9-24(21-32(30)38-35(31)43)33(41)23-5-3-7-27(19-23)37-34(42)25-6-4-8-29(20-25)44-2/h3-14,19-22,31H,15-18H2,1-2H3,(H,37,42)(H,38,43). The molecule has 2 aliphatic rings. The lowest BCUT2D eigenvalue weighted by molar-refractivity contribution is -0.115. The molecule has 222 valence electrons. The van der Waals surface area contributed by atoms with E-state index in [-0.39, 0.29) is 17.6 Å². The maximum Gasteiger partial charge on any atom is 0.255 e. The zero-order valence-electron chi connectivity index (χ0n) is 24.6. The van der Waals surface area contributed by atoms with Crippen LogP contribution in [0, 0.1) is 0 Å². The Morgan fingerprint density at radius 2 is 1.61 bits per heavy atom. The number of anilines is 3. The van der Waals surface area contributed by atoms with Crippen molar-refractivity contribution in [3.05, 3.63) is 113 Å². The van der Waals surface area contributed by atoms with Crippen molar-refractivity contribution in [1.29, 1.82) is 0 Å². The van der Waals surface area contributed by atoms with E-state index in [2.05, 4.69) is 44.6 Å². The average molecular weight is 588 g/mol. The molecule has 2 N–H and O–H groups in total. The second-order valence-corrected chi connectivity index (χ2v) is 10.9. The first-order chi connectivity index (χ1) is 21.4. The zero-order valence-corrected chi connectivity index (χ0v) is 24.6. The Morgan fingerprint density at radius 1 is 0.886 bits per heavy atom. The van der Waals surface area contributed by atoms with Gasteiger partial charge in [-0.05, 0) is 73.3 Å². The molecule has 9 nitrogen and oxygen atoms in total. The molecule has 44 heavy (non-hydrogen) atoms. The third kappa shape index (κ3) is 6.23. The van der Waals surface area contributed by atoms with Gasteiger partial charge in [-0.1, -0.05) is 30.3 Å². The van der Waals surface area contributed by atoms with Crippen LogP contribution in [0.2, 0.25) is 0 Å². The summed E-state index contributed by atoms with van der Waals surface area (Å²) in [6.07, 6.45) is 1.65. The molecular weight excluding hydrogens is 554 g/mol. The molecule has 2 heterocycles. The number of amides is 2. The maximum absolute atomic E-state index is 13.4. The third-order valence-electron chi connectivity index (χ3n) is 8.00. The SMILES string of the molecule is COc1cccc(C(=O)Nc2cccc(C(=O)c3ccc4c(c3)NC(=O)C4C=Nc3ccc(N4CCN(C)CC4)cc3)c2)c1. The quantitative estimate of drug-likeness (QED) is 0.212. The van der Waals surface area contributed by atoms with Crippen LogP contribution in [0.3, 0.4) is 0 Å². The van der Waals surface area contributed by atoms with Gasteiger partial charge in [0.05, 0.1) is 12.8 Å². The Bertz CT molecular complexity index is 1740. The highest BCUT2D eigenvalue weighted by Gasteiger charge is 2.30. The van der Waals surface area contributed by atoms with Gasteiger partial charge >= 0.3 is 0 Å². The molecule has 0 aromatic heterocycles. The number of carbonyl (C=O) groups is 3. The van der Waals surface area contributed by atoms with Crippen molar-refractivity contribution in [2.45, 2.75) is 5.92 Å². The van der Waals surface area contributed by atoms with E-state index in [1.165, 1.54) is 5.69 Å². The summed E-state index contributed by atoms with van der Waals surface area (Å²) in [6, 6.07) is 26.9. The highest BCUT2D eigenvalue weighted by Crippen LogP contribution is 2.33. The second-order valence-electron chi connectivity index (χ2n) is 10.9. The number of rotatable bonds is 8. The van der Waals surface area contributed by atoms with E-state index in [1.807, 2.05) is 12.1 Å². The van der Waals surface area contributed by atoms with Gasteiger partial charge in [-0.15, -0.1) is 0 Å². The van der Waals surface area contributed by atoms with Gasteiger partial charge < -0.3 is 25.2 Å². The number of benzene rings is 4. The fraction of sp³-hybridized carbons (Fsp3) is 0.200. The average Bonchev–Trinajstić information content (AvgIpc) is 3.38. The Labute approximate surface area is 256 Å². The molecule has 1 fully saturated rings. The van der Waals surface area contributed by atoms with Crippen LogP contribution in [-0.2, 0) is 4.79 Å². The Balaban J connectivity index is 1.13. The minimum Gasteiger partial charge on any atom is -0.497 e. The van der Waals surface area contributed by atoms with E-state index in [1.54, 1.807) is 80.1 Å². The number of aliphatic imine (C=N–C) groups is 1. The highest BCUT2D eigenvalue weighted by molar-refractivity contribution is 6.15. The first kappa shape index (κ1) is 28.8. The van der Waals surface area contributed by atoms with Crippen molar-refractivity contribution in [3.8, 4) is 5.75 Å². The number of ketones is 1. The molecule has 4 aromatic carbocycles. The number of nitrogens with one attached hydrogen (secondary N) is 2. The van der Waals surface area contributed by atoms with Gasteiger partial charge in [0.15, 0.2) is 5.78 Å². The highest BCUT2D eigenvalue weighted by atomic mass is 16.5. The number of hydrogen-bond acceptors (Lipinski definition) is 7. The maximum atomic E-state index is 13.4. The van der Waals surface area contributed by atoms with Crippen molar-refractivity contribution in [2.75, 3.05) is 55.9 Å². The molecule has 1 unspecified atom stereocenters. The molecule has 0 bridgehead atoms. The van der Waals surface area contributed by atoms with Gasteiger partial charge in [0.1, 0.15) is 11.7 Å². The monoisotopic (exact) mass is 587 g/mol. The van der Waals surface area contributed by atoms with Gasteiger partial charge in [0.2, 0.25) is 5.91 Å². The number of fused-ring (bicyclic) bond motifs is 1. The number of piperazine rings is 1. The van der Waals surface area contributed by atoms with Crippen molar-refractivity contribution in [1.82, 2.24) is 4.90 Å². The summed E-state index contributed by atoms with van der Waals surface area (Å²) in [6.45, 7) is 4.07. The molecule has 0 radical (unpaired) electrons. The lowest BCUT2D eigenvalue weighted by atomic mass is 9.97. The first-order valence-electron chi connectivity index (χ1n) is 14.5. The number of carbonyl (C=O) groups excluding carboxylic acids is 3. The van der Waals surface area contributed by atoms with Crippen LogP contribution in [0.5, 0.6) is 5.75 Å².